The molecule has 1 aliphatic heterocycles. The van der Waals surface area contributed by atoms with Crippen molar-refractivity contribution < 1.29 is 9.33 Å². The van der Waals surface area contributed by atoms with E-state index in [1.165, 1.54) is 11.3 Å². The highest BCUT2D eigenvalue weighted by Gasteiger charge is 2.18. The second-order valence-electron chi connectivity index (χ2n) is 4.39. The Bertz CT molecular complexity index is 604. The molecule has 0 atom stereocenters. The number of alkyl halides is 1. The predicted octanol–water partition coefficient (Wildman–Crippen LogP) is 3.16. The van der Waals surface area contributed by atoms with E-state index in [-0.39, 0.29) is 0 Å². The minimum atomic E-state index is -0.405. The van der Waals surface area contributed by atoms with Crippen LogP contribution in [0.25, 0.3) is 0 Å². The second-order valence-corrected chi connectivity index (χ2v) is 5.40. The molecule has 7 heteroatoms. The maximum absolute atomic E-state index is 12.1. The van der Waals surface area contributed by atoms with Crippen molar-refractivity contribution >= 4 is 21.5 Å². The molecule has 0 saturated heterocycles. The van der Waals surface area contributed by atoms with Gasteiger partial charge in [-0.1, -0.05) is 41.7 Å². The molecule has 0 bridgehead atoms. The van der Waals surface area contributed by atoms with Crippen LogP contribution in [0.3, 0.4) is 0 Å². The van der Waals surface area contributed by atoms with Crippen LogP contribution >= 0.6 is 11.3 Å². The van der Waals surface area contributed by atoms with Crippen LogP contribution < -0.4 is 10.4 Å². The van der Waals surface area contributed by atoms with Gasteiger partial charge in [0, 0.05) is 12.7 Å². The van der Waals surface area contributed by atoms with Gasteiger partial charge in [-0.15, -0.1) is 4.94 Å². The largest absolute Gasteiger partial charge is 0.373 e. The summed E-state index contributed by atoms with van der Waals surface area (Å²) in [7, 11) is 0. The van der Waals surface area contributed by atoms with E-state index in [2.05, 4.69) is 10.3 Å². The number of aromatic nitrogens is 1. The van der Waals surface area contributed by atoms with Crippen molar-refractivity contribution in [3.05, 3.63) is 54.5 Å². The molecule has 0 saturated carbocycles. The Labute approximate surface area is 126 Å². The predicted molar refractivity (Wildman–Crippen MR) is 81.3 cm³/mol. The number of hydrogen-bond donors (Lipinski definition) is 1. The summed E-state index contributed by atoms with van der Waals surface area (Å²) in [6.45, 7) is 0.544. The number of nitrogens with one attached hydrogen (secondary N) is 1. The Morgan fingerprint density at radius 1 is 1.24 bits per heavy atom. The Balaban J connectivity index is 1.57. The molecule has 1 aromatic heterocycles. The maximum atomic E-state index is 12.1. The molecule has 0 fully saturated rings. The highest BCUT2D eigenvalue weighted by atomic mass is 32.1. The average molecular weight is 306 g/mol. The van der Waals surface area contributed by atoms with Crippen molar-refractivity contribution in [3.63, 3.8) is 0 Å². The molecule has 0 radical (unpaired) electrons. The van der Waals surface area contributed by atoms with Gasteiger partial charge in [-0.05, 0) is 5.56 Å². The summed E-state index contributed by atoms with van der Waals surface area (Å²) >= 11 is 1.41. The van der Waals surface area contributed by atoms with Crippen LogP contribution in [-0.2, 0) is 11.5 Å². The molecule has 2 heterocycles. The van der Waals surface area contributed by atoms with Crippen LogP contribution in [0.4, 0.5) is 14.5 Å². The molecule has 5 nitrogen and oxygen atoms in total. The summed E-state index contributed by atoms with van der Waals surface area (Å²) < 4.78 is 12.1. The number of anilines is 2. The van der Waals surface area contributed by atoms with Gasteiger partial charge in [0.2, 0.25) is 5.13 Å². The molecule has 3 rings (SSSR count). The number of benzene rings is 1. The molecule has 0 aliphatic carbocycles. The first kappa shape index (κ1) is 13.8. The summed E-state index contributed by atoms with van der Waals surface area (Å²) in [6, 6.07) is 10.1. The summed E-state index contributed by atoms with van der Waals surface area (Å²) in [5.74, 6) is 0. The van der Waals surface area contributed by atoms with Gasteiger partial charge in [0.25, 0.3) is 0 Å². The monoisotopic (exact) mass is 306 g/mol. The highest BCUT2D eigenvalue weighted by molar-refractivity contribution is 7.19. The third-order valence-electron chi connectivity index (χ3n) is 2.82. The van der Waals surface area contributed by atoms with Gasteiger partial charge in [0.1, 0.15) is 11.7 Å². The Hall–Kier alpha value is -2.12. The number of rotatable bonds is 6. The van der Waals surface area contributed by atoms with Crippen molar-refractivity contribution in [1.29, 1.82) is 0 Å². The molecule has 0 spiro atoms. The lowest BCUT2D eigenvalue weighted by atomic mass is 10.2. The minimum Gasteiger partial charge on any atom is -0.373 e. The lowest BCUT2D eigenvalue weighted by molar-refractivity contribution is -0.112. The number of hydroxylamine groups is 3. The zero-order valence-corrected chi connectivity index (χ0v) is 12.1. The molecular formula is C14H15FN4OS. The van der Waals surface area contributed by atoms with Crippen LogP contribution in [0.1, 0.15) is 5.56 Å². The van der Waals surface area contributed by atoms with E-state index >= 15 is 0 Å². The fourth-order valence-electron chi connectivity index (χ4n) is 1.86. The zero-order chi connectivity index (χ0) is 14.5. The van der Waals surface area contributed by atoms with Crippen molar-refractivity contribution in [2.45, 2.75) is 6.54 Å². The fraction of sp³-hybridized carbons (Fsp3) is 0.214. The maximum Gasteiger partial charge on any atom is 0.217 e. The highest BCUT2D eigenvalue weighted by Crippen LogP contribution is 2.29. The molecule has 0 amide bonds. The average Bonchev–Trinajstić information content (AvgIpc) is 3.15. The molecule has 1 aliphatic rings. The molecule has 1 N–H and O–H groups in total. The van der Waals surface area contributed by atoms with Crippen LogP contribution in [0.5, 0.6) is 0 Å². The topological polar surface area (TPSA) is 40.6 Å². The number of nitrogens with zero attached hydrogens (tertiary/aromatic N) is 3. The Kier molecular flexibility index (Phi) is 4.32. The zero-order valence-electron chi connectivity index (χ0n) is 11.3. The SMILES string of the molecule is FCCNc1cnc(N2C=CN(Cc3ccccc3)O2)s1. The van der Waals surface area contributed by atoms with E-state index in [9.17, 15) is 4.39 Å². The summed E-state index contributed by atoms with van der Waals surface area (Å²) in [4.78, 5) is 9.92. The van der Waals surface area contributed by atoms with Gasteiger partial charge >= 0.3 is 0 Å². The quantitative estimate of drug-likeness (QED) is 0.888. The van der Waals surface area contributed by atoms with Crippen LogP contribution in [0, 0.1) is 0 Å². The van der Waals surface area contributed by atoms with E-state index in [0.717, 1.165) is 10.6 Å². The first-order valence-corrected chi connectivity index (χ1v) is 7.38. The van der Waals surface area contributed by atoms with Crippen LogP contribution in [-0.4, -0.2) is 23.3 Å². The lowest BCUT2D eigenvalue weighted by Crippen LogP contribution is -2.21. The van der Waals surface area contributed by atoms with Gasteiger partial charge in [-0.25, -0.2) is 14.4 Å². The lowest BCUT2D eigenvalue weighted by Gasteiger charge is -2.17. The number of thiazole rings is 1. The van der Waals surface area contributed by atoms with E-state index in [1.807, 2.05) is 36.5 Å². The summed E-state index contributed by atoms with van der Waals surface area (Å²) in [6.07, 6.45) is 5.33. The van der Waals surface area contributed by atoms with Crippen molar-refractivity contribution in [2.75, 3.05) is 23.6 Å². The van der Waals surface area contributed by atoms with E-state index < -0.39 is 6.67 Å². The summed E-state index contributed by atoms with van der Waals surface area (Å²) in [5, 5.41) is 7.79. The first-order valence-electron chi connectivity index (χ1n) is 6.57. The third-order valence-corrected chi connectivity index (χ3v) is 3.76. The standard InChI is InChI=1S/C14H15FN4OS/c15-6-7-16-13-10-17-14(21-13)19-9-8-18(20-19)11-12-4-2-1-3-5-12/h1-5,8-10,16H,6-7,11H2. The van der Waals surface area contributed by atoms with E-state index in [4.69, 9.17) is 4.94 Å². The Morgan fingerprint density at radius 2 is 2.10 bits per heavy atom. The van der Waals surface area contributed by atoms with Crippen molar-refractivity contribution in [2.24, 2.45) is 0 Å². The molecule has 2 aromatic rings. The fourth-order valence-corrected chi connectivity index (χ4v) is 2.63. The minimum absolute atomic E-state index is 0.290. The summed E-state index contributed by atoms with van der Waals surface area (Å²) in [5.41, 5.74) is 1.16. The molecule has 1 aromatic carbocycles. The second kappa shape index (κ2) is 6.55. The molecule has 110 valence electrons. The van der Waals surface area contributed by atoms with Gasteiger partial charge in [0.05, 0.1) is 18.9 Å². The first-order chi connectivity index (χ1) is 10.3. The molecular weight excluding hydrogens is 291 g/mol. The third kappa shape index (κ3) is 3.50. The number of hydrogen-bond acceptors (Lipinski definition) is 6. The van der Waals surface area contributed by atoms with Crippen LogP contribution in [0.2, 0.25) is 0 Å². The van der Waals surface area contributed by atoms with Gasteiger partial charge < -0.3 is 5.32 Å². The number of halogens is 1. The van der Waals surface area contributed by atoms with E-state index in [1.54, 1.807) is 22.5 Å². The van der Waals surface area contributed by atoms with Gasteiger partial charge in [0.15, 0.2) is 0 Å². The molecule has 21 heavy (non-hydrogen) atoms. The van der Waals surface area contributed by atoms with Crippen molar-refractivity contribution in [1.82, 2.24) is 10.0 Å². The van der Waals surface area contributed by atoms with Gasteiger partial charge in [-0.3, -0.25) is 0 Å². The van der Waals surface area contributed by atoms with Crippen LogP contribution in [0.15, 0.2) is 48.9 Å². The Morgan fingerprint density at radius 3 is 2.90 bits per heavy atom. The van der Waals surface area contributed by atoms with Crippen molar-refractivity contribution in [3.8, 4) is 0 Å². The smallest absolute Gasteiger partial charge is 0.217 e. The van der Waals surface area contributed by atoms with E-state index in [0.29, 0.717) is 18.2 Å². The normalized spacial score (nSPS) is 14.0. The van der Waals surface area contributed by atoms with Gasteiger partial charge in [-0.2, -0.15) is 5.06 Å². The molecule has 0 unspecified atom stereocenters.